The Morgan fingerprint density at radius 2 is 1.77 bits per heavy atom. The zero-order valence-corrected chi connectivity index (χ0v) is 16.3. The third kappa shape index (κ3) is 4.41. The molecule has 0 aliphatic rings. The molecule has 0 aliphatic heterocycles. The van der Waals surface area contributed by atoms with E-state index in [1.54, 1.807) is 36.4 Å². The molecule has 10 heteroatoms. The van der Waals surface area contributed by atoms with Gasteiger partial charge in [-0.05, 0) is 42.5 Å². The molecular weight excluding hydrogens is 433 g/mol. The maximum atomic E-state index is 13.7. The minimum Gasteiger partial charge on any atom is -0.334 e. The fourth-order valence-electron chi connectivity index (χ4n) is 2.82. The van der Waals surface area contributed by atoms with Crippen LogP contribution in [0.2, 0.25) is 5.02 Å². The van der Waals surface area contributed by atoms with E-state index in [1.165, 1.54) is 18.3 Å². The monoisotopic (exact) mass is 444 g/mol. The first-order chi connectivity index (χ1) is 14.8. The Bertz CT molecular complexity index is 1240. The van der Waals surface area contributed by atoms with Crippen LogP contribution >= 0.6 is 11.6 Å². The molecule has 2 aromatic carbocycles. The summed E-state index contributed by atoms with van der Waals surface area (Å²) in [5.41, 5.74) is -0.914. The van der Waals surface area contributed by atoms with Gasteiger partial charge in [0.25, 0.3) is 11.8 Å². The van der Waals surface area contributed by atoms with Gasteiger partial charge in [0, 0.05) is 17.4 Å². The molecule has 4 aromatic rings. The van der Waals surface area contributed by atoms with E-state index < -0.39 is 17.6 Å². The summed E-state index contributed by atoms with van der Waals surface area (Å²) in [6.07, 6.45) is -3.32. The van der Waals surface area contributed by atoms with Crippen molar-refractivity contribution < 1.29 is 22.5 Å². The van der Waals surface area contributed by atoms with Crippen molar-refractivity contribution in [1.29, 1.82) is 0 Å². The molecule has 31 heavy (non-hydrogen) atoms. The van der Waals surface area contributed by atoms with Gasteiger partial charge in [0.2, 0.25) is 5.82 Å². The van der Waals surface area contributed by atoms with E-state index in [4.69, 9.17) is 16.1 Å². The molecule has 4 rings (SSSR count). The SMILES string of the molecule is O=C(Nc1ccc(-c2noc(-c3ccccc3Cl)n2)c(C(F)(F)F)c1)c1ccccn1. The number of hydrogen-bond donors (Lipinski definition) is 1. The van der Waals surface area contributed by atoms with Gasteiger partial charge in [0.05, 0.1) is 16.1 Å². The number of carbonyl (C=O) groups excluding carboxylic acids is 1. The van der Waals surface area contributed by atoms with Gasteiger partial charge in [-0.3, -0.25) is 9.78 Å². The van der Waals surface area contributed by atoms with E-state index in [1.807, 2.05) is 0 Å². The Kier molecular flexibility index (Phi) is 5.43. The highest BCUT2D eigenvalue weighted by Gasteiger charge is 2.35. The first-order valence-corrected chi connectivity index (χ1v) is 9.23. The molecule has 2 heterocycles. The van der Waals surface area contributed by atoms with Gasteiger partial charge in [0.15, 0.2) is 0 Å². The highest BCUT2D eigenvalue weighted by molar-refractivity contribution is 6.33. The van der Waals surface area contributed by atoms with Gasteiger partial charge < -0.3 is 9.84 Å². The highest BCUT2D eigenvalue weighted by Crippen LogP contribution is 2.38. The van der Waals surface area contributed by atoms with Crippen LogP contribution in [0.3, 0.4) is 0 Å². The summed E-state index contributed by atoms with van der Waals surface area (Å²) in [4.78, 5) is 20.2. The van der Waals surface area contributed by atoms with Gasteiger partial charge >= 0.3 is 6.18 Å². The number of hydrogen-bond acceptors (Lipinski definition) is 5. The van der Waals surface area contributed by atoms with E-state index >= 15 is 0 Å². The van der Waals surface area contributed by atoms with Gasteiger partial charge in [-0.1, -0.05) is 35.0 Å². The average molecular weight is 445 g/mol. The second kappa shape index (κ2) is 8.19. The molecule has 0 bridgehead atoms. The van der Waals surface area contributed by atoms with E-state index in [0.717, 1.165) is 12.1 Å². The van der Waals surface area contributed by atoms with Crippen LogP contribution in [0.1, 0.15) is 16.1 Å². The molecule has 0 saturated heterocycles. The van der Waals surface area contributed by atoms with Crippen molar-refractivity contribution >= 4 is 23.2 Å². The van der Waals surface area contributed by atoms with Crippen LogP contribution in [0, 0.1) is 0 Å². The lowest BCUT2D eigenvalue weighted by molar-refractivity contribution is -0.137. The molecule has 2 aromatic heterocycles. The zero-order valence-electron chi connectivity index (χ0n) is 15.5. The summed E-state index contributed by atoms with van der Waals surface area (Å²) in [6, 6.07) is 14.5. The normalized spacial score (nSPS) is 11.4. The number of alkyl halides is 3. The van der Waals surface area contributed by atoms with E-state index in [0.29, 0.717) is 10.6 Å². The molecular formula is C21H12ClF3N4O2. The number of pyridine rings is 1. The van der Waals surface area contributed by atoms with Crippen molar-refractivity contribution in [3.05, 3.63) is 83.1 Å². The number of nitrogens with one attached hydrogen (secondary N) is 1. The Balaban J connectivity index is 1.69. The Hall–Kier alpha value is -3.72. The standard InChI is InChI=1S/C21H12ClF3N4O2/c22-16-6-2-1-5-14(16)20-28-18(29-31-20)13-9-8-12(11-15(13)21(23,24)25)27-19(30)17-7-3-4-10-26-17/h1-11H,(H,27,30). The minimum absolute atomic E-state index is 0.0127. The third-order valence-corrected chi connectivity index (χ3v) is 4.58. The molecule has 0 unspecified atom stereocenters. The van der Waals surface area contributed by atoms with Crippen LogP contribution in [0.15, 0.2) is 71.4 Å². The fraction of sp³-hybridized carbons (Fsp3) is 0.0476. The number of nitrogens with zero attached hydrogens (tertiary/aromatic N) is 3. The number of aromatic nitrogens is 3. The topological polar surface area (TPSA) is 80.9 Å². The lowest BCUT2D eigenvalue weighted by atomic mass is 10.1. The van der Waals surface area contributed by atoms with Crippen molar-refractivity contribution in [2.75, 3.05) is 5.32 Å². The maximum absolute atomic E-state index is 13.7. The first kappa shape index (κ1) is 20.5. The van der Waals surface area contributed by atoms with Crippen LogP contribution in [0.25, 0.3) is 22.8 Å². The third-order valence-electron chi connectivity index (χ3n) is 4.25. The van der Waals surface area contributed by atoms with Gasteiger partial charge in [-0.25, -0.2) is 0 Å². The summed E-state index contributed by atoms with van der Waals surface area (Å²) in [6.45, 7) is 0. The molecule has 6 nitrogen and oxygen atoms in total. The molecule has 1 N–H and O–H groups in total. The zero-order chi connectivity index (χ0) is 22.0. The number of rotatable bonds is 4. The Labute approximate surface area is 178 Å². The summed E-state index contributed by atoms with van der Waals surface area (Å²) in [5.74, 6) is -0.909. The molecule has 0 atom stereocenters. The predicted molar refractivity (Wildman–Crippen MR) is 107 cm³/mol. The fourth-order valence-corrected chi connectivity index (χ4v) is 3.04. The molecule has 0 spiro atoms. The second-order valence-electron chi connectivity index (χ2n) is 6.33. The van der Waals surface area contributed by atoms with Crippen LogP contribution in [0.5, 0.6) is 0 Å². The van der Waals surface area contributed by atoms with Crippen molar-refractivity contribution in [3.63, 3.8) is 0 Å². The molecule has 1 amide bonds. The van der Waals surface area contributed by atoms with Crippen molar-refractivity contribution in [3.8, 4) is 22.8 Å². The van der Waals surface area contributed by atoms with Crippen molar-refractivity contribution in [2.24, 2.45) is 0 Å². The van der Waals surface area contributed by atoms with Crippen LogP contribution < -0.4 is 5.32 Å². The minimum atomic E-state index is -4.73. The van der Waals surface area contributed by atoms with E-state index in [-0.39, 0.29) is 28.7 Å². The molecule has 0 fully saturated rings. The number of carbonyl (C=O) groups is 1. The second-order valence-corrected chi connectivity index (χ2v) is 6.74. The summed E-state index contributed by atoms with van der Waals surface area (Å²) in [5, 5.41) is 6.40. The number of anilines is 1. The highest BCUT2D eigenvalue weighted by atomic mass is 35.5. The summed E-state index contributed by atoms with van der Waals surface area (Å²) >= 11 is 6.08. The predicted octanol–water partition coefficient (Wildman–Crippen LogP) is 5.72. The van der Waals surface area contributed by atoms with Crippen LogP contribution in [-0.2, 0) is 6.18 Å². The molecule has 0 aliphatic carbocycles. The first-order valence-electron chi connectivity index (χ1n) is 8.85. The molecule has 156 valence electrons. The lowest BCUT2D eigenvalue weighted by Gasteiger charge is -2.13. The van der Waals surface area contributed by atoms with Crippen molar-refractivity contribution in [2.45, 2.75) is 6.18 Å². The van der Waals surface area contributed by atoms with Crippen LogP contribution in [0.4, 0.5) is 18.9 Å². The Morgan fingerprint density at radius 3 is 2.48 bits per heavy atom. The van der Waals surface area contributed by atoms with Gasteiger partial charge in [-0.2, -0.15) is 18.2 Å². The van der Waals surface area contributed by atoms with Gasteiger partial charge in [0.1, 0.15) is 5.69 Å². The number of amides is 1. The smallest absolute Gasteiger partial charge is 0.334 e. The maximum Gasteiger partial charge on any atom is 0.417 e. The van der Waals surface area contributed by atoms with Gasteiger partial charge in [-0.15, -0.1) is 0 Å². The number of benzene rings is 2. The van der Waals surface area contributed by atoms with Crippen LogP contribution in [-0.4, -0.2) is 21.0 Å². The number of halogens is 4. The van der Waals surface area contributed by atoms with E-state index in [2.05, 4.69) is 20.4 Å². The molecule has 0 radical (unpaired) electrons. The quantitative estimate of drug-likeness (QED) is 0.435. The van der Waals surface area contributed by atoms with Crippen molar-refractivity contribution in [1.82, 2.24) is 15.1 Å². The Morgan fingerprint density at radius 1 is 1.00 bits per heavy atom. The summed E-state index contributed by atoms with van der Waals surface area (Å²) in [7, 11) is 0. The van der Waals surface area contributed by atoms with E-state index in [9.17, 15) is 18.0 Å². The lowest BCUT2D eigenvalue weighted by Crippen LogP contribution is -2.15. The molecule has 0 saturated carbocycles. The summed E-state index contributed by atoms with van der Waals surface area (Å²) < 4.78 is 46.3. The largest absolute Gasteiger partial charge is 0.417 e. The average Bonchev–Trinajstić information content (AvgIpc) is 3.24.